The Bertz CT molecular complexity index is 732. The first-order valence-corrected chi connectivity index (χ1v) is 7.01. The van der Waals surface area contributed by atoms with E-state index in [1.54, 1.807) is 24.3 Å². The molecule has 6 heteroatoms. The molecular weight excluding hydrogens is 299 g/mol. The van der Waals surface area contributed by atoms with E-state index in [9.17, 15) is 14.0 Å². The molecule has 0 atom stereocenters. The van der Waals surface area contributed by atoms with Gasteiger partial charge in [-0.2, -0.15) is 0 Å². The lowest BCUT2D eigenvalue weighted by molar-refractivity contribution is -0.116. The Balaban J connectivity index is 1.94. The number of aryl methyl sites for hydroxylation is 1. The Morgan fingerprint density at radius 2 is 2.00 bits per heavy atom. The molecule has 0 unspecified atom stereocenters. The molecule has 3 N–H and O–H groups in total. The normalized spacial score (nSPS) is 10.2. The molecule has 0 fully saturated rings. The van der Waals surface area contributed by atoms with Gasteiger partial charge in [0, 0.05) is 17.7 Å². The number of nitrogens with one attached hydrogen (secondary N) is 1. The van der Waals surface area contributed by atoms with Gasteiger partial charge in [-0.15, -0.1) is 0 Å². The fraction of sp³-hybridized carbons (Fsp3) is 0.176. The van der Waals surface area contributed by atoms with Gasteiger partial charge in [-0.1, -0.05) is 12.1 Å². The molecule has 120 valence electrons. The first kappa shape index (κ1) is 16.5. The Labute approximate surface area is 133 Å². The molecule has 0 aromatic heterocycles. The first-order valence-electron chi connectivity index (χ1n) is 7.01. The highest BCUT2D eigenvalue weighted by atomic mass is 19.1. The molecule has 0 spiro atoms. The van der Waals surface area contributed by atoms with Crippen LogP contribution in [0.4, 0.5) is 10.1 Å². The smallest absolute Gasteiger partial charge is 0.248 e. The Morgan fingerprint density at radius 3 is 2.65 bits per heavy atom. The summed E-state index contributed by atoms with van der Waals surface area (Å²) in [6.45, 7) is 0. The summed E-state index contributed by atoms with van der Waals surface area (Å²) in [7, 11) is 1.39. The SMILES string of the molecule is COc1ccc(CCC(=O)Nc2cccc(C(N)=O)c2)cc1F. The predicted molar refractivity (Wildman–Crippen MR) is 84.9 cm³/mol. The van der Waals surface area contributed by atoms with Crippen molar-refractivity contribution in [3.05, 3.63) is 59.4 Å². The van der Waals surface area contributed by atoms with Gasteiger partial charge in [0.2, 0.25) is 11.8 Å². The van der Waals surface area contributed by atoms with Crippen LogP contribution in [0.3, 0.4) is 0 Å². The van der Waals surface area contributed by atoms with Gasteiger partial charge < -0.3 is 15.8 Å². The molecule has 5 nitrogen and oxygen atoms in total. The van der Waals surface area contributed by atoms with Crippen molar-refractivity contribution < 1.29 is 18.7 Å². The van der Waals surface area contributed by atoms with Crippen molar-refractivity contribution in [2.75, 3.05) is 12.4 Å². The van der Waals surface area contributed by atoms with Crippen LogP contribution in [0.5, 0.6) is 5.75 Å². The molecule has 2 aromatic rings. The molecule has 0 aliphatic carbocycles. The molecule has 2 rings (SSSR count). The van der Waals surface area contributed by atoms with Crippen molar-refractivity contribution in [3.8, 4) is 5.75 Å². The van der Waals surface area contributed by atoms with Gasteiger partial charge in [0.15, 0.2) is 11.6 Å². The van der Waals surface area contributed by atoms with E-state index in [1.807, 2.05) is 0 Å². The standard InChI is InChI=1S/C17H17FN2O3/c1-23-15-7-5-11(9-14(15)18)6-8-16(21)20-13-4-2-3-12(10-13)17(19)22/h2-5,7,9-10H,6,8H2,1H3,(H2,19,22)(H,20,21). The number of hydrogen-bond donors (Lipinski definition) is 2. The average molecular weight is 316 g/mol. The van der Waals surface area contributed by atoms with E-state index in [1.165, 1.54) is 25.3 Å². The summed E-state index contributed by atoms with van der Waals surface area (Å²) in [5.74, 6) is -1.08. The minimum Gasteiger partial charge on any atom is -0.494 e. The van der Waals surface area contributed by atoms with E-state index in [2.05, 4.69) is 5.32 Å². The van der Waals surface area contributed by atoms with Crippen LogP contribution in [0.25, 0.3) is 0 Å². The van der Waals surface area contributed by atoms with Gasteiger partial charge in [0.05, 0.1) is 7.11 Å². The summed E-state index contributed by atoms with van der Waals surface area (Å²) in [5.41, 5.74) is 6.70. The van der Waals surface area contributed by atoms with E-state index < -0.39 is 11.7 Å². The van der Waals surface area contributed by atoms with Gasteiger partial charge in [-0.3, -0.25) is 9.59 Å². The topological polar surface area (TPSA) is 81.4 Å². The minimum atomic E-state index is -0.560. The number of nitrogens with two attached hydrogens (primary N) is 1. The maximum Gasteiger partial charge on any atom is 0.248 e. The monoisotopic (exact) mass is 316 g/mol. The first-order chi connectivity index (χ1) is 11.0. The summed E-state index contributed by atoms with van der Waals surface area (Å²) in [6.07, 6.45) is 0.578. The lowest BCUT2D eigenvalue weighted by Gasteiger charge is -2.07. The number of halogens is 1. The van der Waals surface area contributed by atoms with Crippen LogP contribution in [0, 0.1) is 5.82 Å². The van der Waals surface area contributed by atoms with Gasteiger partial charge in [0.1, 0.15) is 0 Å². The van der Waals surface area contributed by atoms with E-state index in [-0.39, 0.29) is 18.1 Å². The third-order valence-electron chi connectivity index (χ3n) is 3.29. The second-order valence-corrected chi connectivity index (χ2v) is 4.96. The van der Waals surface area contributed by atoms with Crippen LogP contribution in [-0.2, 0) is 11.2 Å². The molecule has 0 heterocycles. The van der Waals surface area contributed by atoms with Crippen LogP contribution in [0.15, 0.2) is 42.5 Å². The minimum absolute atomic E-state index is 0.168. The summed E-state index contributed by atoms with van der Waals surface area (Å²) in [5, 5.41) is 2.68. The van der Waals surface area contributed by atoms with Crippen molar-refractivity contribution in [1.82, 2.24) is 0 Å². The van der Waals surface area contributed by atoms with Crippen LogP contribution < -0.4 is 15.8 Å². The van der Waals surface area contributed by atoms with Crippen molar-refractivity contribution in [2.45, 2.75) is 12.8 Å². The molecular formula is C17H17FN2O3. The highest BCUT2D eigenvalue weighted by molar-refractivity contribution is 5.96. The number of carbonyl (C=O) groups excluding carboxylic acids is 2. The second-order valence-electron chi connectivity index (χ2n) is 4.96. The van der Waals surface area contributed by atoms with Crippen molar-refractivity contribution in [2.24, 2.45) is 5.73 Å². The largest absolute Gasteiger partial charge is 0.494 e. The van der Waals surface area contributed by atoms with Crippen molar-refractivity contribution >= 4 is 17.5 Å². The zero-order chi connectivity index (χ0) is 16.8. The molecule has 0 bridgehead atoms. The van der Waals surface area contributed by atoms with E-state index in [0.717, 1.165) is 0 Å². The van der Waals surface area contributed by atoms with Crippen LogP contribution in [0.2, 0.25) is 0 Å². The fourth-order valence-corrected chi connectivity index (χ4v) is 2.10. The van der Waals surface area contributed by atoms with Gasteiger partial charge in [-0.05, 0) is 42.3 Å². The molecule has 0 aliphatic heterocycles. The lowest BCUT2D eigenvalue weighted by atomic mass is 10.1. The number of rotatable bonds is 6. The zero-order valence-electron chi connectivity index (χ0n) is 12.6. The average Bonchev–Trinajstić information content (AvgIpc) is 2.53. The second kappa shape index (κ2) is 7.40. The maximum absolute atomic E-state index is 13.6. The third kappa shape index (κ3) is 4.54. The number of carbonyl (C=O) groups is 2. The number of hydrogen-bond acceptors (Lipinski definition) is 3. The van der Waals surface area contributed by atoms with Gasteiger partial charge in [0.25, 0.3) is 0 Å². The summed E-state index contributed by atoms with van der Waals surface area (Å²) in [4.78, 5) is 23.0. The van der Waals surface area contributed by atoms with E-state index >= 15 is 0 Å². The molecule has 0 saturated heterocycles. The predicted octanol–water partition coefficient (Wildman–Crippen LogP) is 2.50. The quantitative estimate of drug-likeness (QED) is 0.859. The van der Waals surface area contributed by atoms with Crippen LogP contribution >= 0.6 is 0 Å². The maximum atomic E-state index is 13.6. The fourth-order valence-electron chi connectivity index (χ4n) is 2.10. The number of benzene rings is 2. The highest BCUT2D eigenvalue weighted by Crippen LogP contribution is 2.18. The summed E-state index contributed by atoms with van der Waals surface area (Å²) in [6, 6.07) is 11.0. The highest BCUT2D eigenvalue weighted by Gasteiger charge is 2.08. The third-order valence-corrected chi connectivity index (χ3v) is 3.29. The zero-order valence-corrected chi connectivity index (χ0v) is 12.6. The Kier molecular flexibility index (Phi) is 5.30. The van der Waals surface area contributed by atoms with Crippen LogP contribution in [-0.4, -0.2) is 18.9 Å². The summed E-state index contributed by atoms with van der Waals surface area (Å²) < 4.78 is 18.4. The Morgan fingerprint density at radius 1 is 1.22 bits per heavy atom. The number of anilines is 1. The van der Waals surface area contributed by atoms with E-state index in [4.69, 9.17) is 10.5 Å². The molecule has 23 heavy (non-hydrogen) atoms. The number of methoxy groups -OCH3 is 1. The number of primary amides is 1. The molecule has 2 aromatic carbocycles. The van der Waals surface area contributed by atoms with Crippen molar-refractivity contribution in [3.63, 3.8) is 0 Å². The molecule has 0 saturated carbocycles. The molecule has 0 radical (unpaired) electrons. The Hall–Kier alpha value is -2.89. The van der Waals surface area contributed by atoms with Gasteiger partial charge >= 0.3 is 0 Å². The molecule has 2 amide bonds. The van der Waals surface area contributed by atoms with Crippen molar-refractivity contribution in [1.29, 1.82) is 0 Å². The number of ether oxygens (including phenoxy) is 1. The van der Waals surface area contributed by atoms with E-state index in [0.29, 0.717) is 23.2 Å². The number of amides is 2. The van der Waals surface area contributed by atoms with Gasteiger partial charge in [-0.25, -0.2) is 4.39 Å². The van der Waals surface area contributed by atoms with Crippen LogP contribution in [0.1, 0.15) is 22.3 Å². The molecule has 0 aliphatic rings. The summed E-state index contributed by atoms with van der Waals surface area (Å²) >= 11 is 0. The lowest BCUT2D eigenvalue weighted by Crippen LogP contribution is -2.14.